The largest absolute Gasteiger partial charge is 0.392 e. The Morgan fingerprint density at radius 3 is 2.40 bits per heavy atom. The molecule has 0 aliphatic carbocycles. The van der Waals surface area contributed by atoms with Crippen LogP contribution >= 0.6 is 15.9 Å². The van der Waals surface area contributed by atoms with Gasteiger partial charge in [-0.1, -0.05) is 35.0 Å². The number of aliphatic hydroxyl groups is 1. The van der Waals surface area contributed by atoms with Crippen molar-refractivity contribution in [3.8, 4) is 0 Å². The molecule has 0 radical (unpaired) electrons. The third-order valence-corrected chi connectivity index (χ3v) is 2.87. The lowest BCUT2D eigenvalue weighted by atomic mass is 10.0. The Bertz CT molecular complexity index is 284. The zero-order valence-corrected chi connectivity index (χ0v) is 10.8. The van der Waals surface area contributed by atoms with Gasteiger partial charge in [-0.2, -0.15) is 0 Å². The maximum Gasteiger partial charge on any atom is 0.0636 e. The first-order valence-corrected chi connectivity index (χ1v) is 6.09. The van der Waals surface area contributed by atoms with E-state index < -0.39 is 0 Å². The highest BCUT2D eigenvalue weighted by Gasteiger charge is 2.08. The van der Waals surface area contributed by atoms with Gasteiger partial charge in [0, 0.05) is 17.1 Å². The van der Waals surface area contributed by atoms with E-state index in [0.717, 1.165) is 10.9 Å². The number of hydrogen-bond donors (Lipinski definition) is 2. The van der Waals surface area contributed by atoms with Crippen molar-refractivity contribution in [2.45, 2.75) is 32.4 Å². The van der Waals surface area contributed by atoms with Gasteiger partial charge in [0.2, 0.25) is 0 Å². The summed E-state index contributed by atoms with van der Waals surface area (Å²) in [6.45, 7) is 4.57. The molecule has 0 aliphatic heterocycles. The number of nitrogens with one attached hydrogen (secondary N) is 1. The third kappa shape index (κ3) is 4.33. The molecule has 1 aromatic carbocycles. The minimum atomic E-state index is -0.297. The van der Waals surface area contributed by atoms with Crippen LogP contribution < -0.4 is 5.32 Å². The molecule has 3 heteroatoms. The molecule has 2 N–H and O–H groups in total. The van der Waals surface area contributed by atoms with Crippen LogP contribution in [0.1, 0.15) is 31.9 Å². The van der Waals surface area contributed by atoms with E-state index in [-0.39, 0.29) is 6.10 Å². The summed E-state index contributed by atoms with van der Waals surface area (Å²) in [6.07, 6.45) is 0.725. The quantitative estimate of drug-likeness (QED) is 0.863. The minimum absolute atomic E-state index is 0.297. The second-order valence-corrected chi connectivity index (χ2v) is 4.69. The molecule has 0 unspecified atom stereocenters. The van der Waals surface area contributed by atoms with E-state index >= 15 is 0 Å². The summed E-state index contributed by atoms with van der Waals surface area (Å²) in [4.78, 5) is 0. The van der Waals surface area contributed by atoms with Crippen LogP contribution in [0.15, 0.2) is 28.7 Å². The summed E-state index contributed by atoms with van der Waals surface area (Å²) in [5.41, 5.74) is 1.27. The molecular weight excluding hydrogens is 254 g/mol. The van der Waals surface area contributed by atoms with E-state index in [2.05, 4.69) is 40.3 Å². The molecule has 2 atom stereocenters. The second kappa shape index (κ2) is 6.26. The Kier molecular flexibility index (Phi) is 5.29. The molecule has 0 spiro atoms. The molecule has 0 fully saturated rings. The van der Waals surface area contributed by atoms with Gasteiger partial charge >= 0.3 is 0 Å². The van der Waals surface area contributed by atoms with Crippen molar-refractivity contribution in [2.75, 3.05) is 6.54 Å². The van der Waals surface area contributed by atoms with Crippen LogP contribution in [0.25, 0.3) is 0 Å². The molecule has 0 saturated carbocycles. The van der Waals surface area contributed by atoms with Crippen LogP contribution in [0.5, 0.6) is 0 Å². The summed E-state index contributed by atoms with van der Waals surface area (Å²) in [5, 5.41) is 12.6. The van der Waals surface area contributed by atoms with Crippen LogP contribution in [-0.2, 0) is 0 Å². The van der Waals surface area contributed by atoms with E-state index in [1.165, 1.54) is 5.56 Å². The van der Waals surface area contributed by atoms with E-state index in [1.807, 2.05) is 12.1 Å². The average molecular weight is 272 g/mol. The van der Waals surface area contributed by atoms with Gasteiger partial charge in [-0.05, 0) is 31.0 Å². The normalized spacial score (nSPS) is 14.9. The monoisotopic (exact) mass is 271 g/mol. The summed E-state index contributed by atoms with van der Waals surface area (Å²) in [6, 6.07) is 8.62. The van der Waals surface area contributed by atoms with Crippen LogP contribution in [0, 0.1) is 0 Å². The van der Waals surface area contributed by atoms with E-state index in [9.17, 15) is 5.11 Å². The first-order chi connectivity index (χ1) is 7.13. The highest BCUT2D eigenvalue weighted by Crippen LogP contribution is 2.19. The molecule has 0 heterocycles. The molecule has 0 saturated heterocycles. The highest BCUT2D eigenvalue weighted by atomic mass is 79.9. The Morgan fingerprint density at radius 2 is 1.93 bits per heavy atom. The lowest BCUT2D eigenvalue weighted by molar-refractivity contribution is 0.185. The van der Waals surface area contributed by atoms with Gasteiger partial charge in [-0.25, -0.2) is 0 Å². The first kappa shape index (κ1) is 12.7. The van der Waals surface area contributed by atoms with Gasteiger partial charge in [0.05, 0.1) is 6.10 Å². The highest BCUT2D eigenvalue weighted by molar-refractivity contribution is 9.10. The van der Waals surface area contributed by atoms with Crippen molar-refractivity contribution in [3.05, 3.63) is 34.3 Å². The van der Waals surface area contributed by atoms with Gasteiger partial charge in [0.25, 0.3) is 0 Å². The fourth-order valence-corrected chi connectivity index (χ4v) is 1.77. The molecule has 0 aromatic heterocycles. The number of hydrogen-bond acceptors (Lipinski definition) is 2. The molecule has 1 rings (SSSR count). The van der Waals surface area contributed by atoms with Crippen molar-refractivity contribution in [1.29, 1.82) is 0 Å². The predicted molar refractivity (Wildman–Crippen MR) is 66.9 cm³/mol. The molecule has 0 amide bonds. The van der Waals surface area contributed by atoms with Gasteiger partial charge < -0.3 is 10.4 Å². The fraction of sp³-hybridized carbons (Fsp3) is 0.500. The smallest absolute Gasteiger partial charge is 0.0636 e. The van der Waals surface area contributed by atoms with E-state index in [0.29, 0.717) is 12.6 Å². The fourth-order valence-electron chi connectivity index (χ4n) is 1.51. The lowest BCUT2D eigenvalue weighted by Crippen LogP contribution is -2.28. The summed E-state index contributed by atoms with van der Waals surface area (Å²) in [7, 11) is 0. The SMILES string of the molecule is CC[C@@H](NC[C@@H](C)O)c1ccc(Br)cc1. The van der Waals surface area contributed by atoms with E-state index in [1.54, 1.807) is 6.92 Å². The molecule has 1 aromatic rings. The number of aliphatic hydroxyl groups excluding tert-OH is 1. The van der Waals surface area contributed by atoms with Crippen LogP contribution in [-0.4, -0.2) is 17.8 Å². The molecule has 84 valence electrons. The molecule has 2 nitrogen and oxygen atoms in total. The molecule has 0 aliphatic rings. The van der Waals surface area contributed by atoms with Crippen molar-refractivity contribution >= 4 is 15.9 Å². The average Bonchev–Trinajstić information content (AvgIpc) is 2.21. The summed E-state index contributed by atoms with van der Waals surface area (Å²) >= 11 is 3.42. The third-order valence-electron chi connectivity index (χ3n) is 2.34. The molecule has 0 bridgehead atoms. The van der Waals surface area contributed by atoms with E-state index in [4.69, 9.17) is 0 Å². The van der Waals surface area contributed by atoms with Crippen LogP contribution in [0.4, 0.5) is 0 Å². The maximum absolute atomic E-state index is 9.22. The Labute approximate surface area is 99.8 Å². The Balaban J connectivity index is 2.61. The minimum Gasteiger partial charge on any atom is -0.392 e. The Hall–Kier alpha value is -0.380. The number of halogens is 1. The summed E-state index contributed by atoms with van der Waals surface area (Å²) in [5.74, 6) is 0. The van der Waals surface area contributed by atoms with Crippen LogP contribution in [0.2, 0.25) is 0 Å². The molecule has 15 heavy (non-hydrogen) atoms. The standard InChI is InChI=1S/C12H18BrNO/c1-3-12(14-8-9(2)15)10-4-6-11(13)7-5-10/h4-7,9,12,14-15H,3,8H2,1-2H3/t9-,12-/m1/s1. The second-order valence-electron chi connectivity index (χ2n) is 3.77. The maximum atomic E-state index is 9.22. The number of rotatable bonds is 5. The van der Waals surface area contributed by atoms with Crippen LogP contribution in [0.3, 0.4) is 0 Å². The van der Waals surface area contributed by atoms with Gasteiger partial charge in [0.15, 0.2) is 0 Å². The van der Waals surface area contributed by atoms with Crippen molar-refractivity contribution in [3.63, 3.8) is 0 Å². The van der Waals surface area contributed by atoms with Crippen molar-refractivity contribution < 1.29 is 5.11 Å². The van der Waals surface area contributed by atoms with Gasteiger partial charge in [-0.3, -0.25) is 0 Å². The molecular formula is C12H18BrNO. The zero-order chi connectivity index (χ0) is 11.3. The number of benzene rings is 1. The van der Waals surface area contributed by atoms with Gasteiger partial charge in [-0.15, -0.1) is 0 Å². The zero-order valence-electron chi connectivity index (χ0n) is 9.20. The predicted octanol–water partition coefficient (Wildman–Crippen LogP) is 2.87. The lowest BCUT2D eigenvalue weighted by Gasteiger charge is -2.18. The van der Waals surface area contributed by atoms with Crippen molar-refractivity contribution in [1.82, 2.24) is 5.32 Å². The Morgan fingerprint density at radius 1 is 1.33 bits per heavy atom. The summed E-state index contributed by atoms with van der Waals surface area (Å²) < 4.78 is 1.09. The van der Waals surface area contributed by atoms with Gasteiger partial charge in [0.1, 0.15) is 0 Å². The topological polar surface area (TPSA) is 32.3 Å². The first-order valence-electron chi connectivity index (χ1n) is 5.30. The van der Waals surface area contributed by atoms with Crippen molar-refractivity contribution in [2.24, 2.45) is 0 Å².